The average molecular weight is 475 g/mol. The van der Waals surface area contributed by atoms with Gasteiger partial charge in [-0.25, -0.2) is 4.79 Å². The molecule has 0 bridgehead atoms. The SMILES string of the molecule is CCOc1cc(C(=O)OCC(=O)N2CCN(C(=O)c3ccco3)CC2)cc(OCC)c1OCC. The van der Waals surface area contributed by atoms with Gasteiger partial charge in [-0.2, -0.15) is 0 Å². The van der Waals surface area contributed by atoms with Gasteiger partial charge >= 0.3 is 5.97 Å². The highest BCUT2D eigenvalue weighted by Crippen LogP contribution is 2.39. The predicted octanol–water partition coefficient (Wildman–Crippen LogP) is 2.62. The van der Waals surface area contributed by atoms with Crippen LogP contribution < -0.4 is 14.2 Å². The lowest BCUT2D eigenvalue weighted by molar-refractivity contribution is -0.136. The molecule has 0 N–H and O–H groups in total. The number of furan rings is 1. The number of ether oxygens (including phenoxy) is 4. The van der Waals surface area contributed by atoms with E-state index in [1.54, 1.807) is 21.9 Å². The molecule has 2 aromatic rings. The molecule has 10 nitrogen and oxygen atoms in total. The van der Waals surface area contributed by atoms with Gasteiger partial charge in [0.2, 0.25) is 5.75 Å². The molecule has 0 unspecified atom stereocenters. The molecule has 0 saturated carbocycles. The summed E-state index contributed by atoms with van der Waals surface area (Å²) in [5, 5.41) is 0. The van der Waals surface area contributed by atoms with E-state index in [4.69, 9.17) is 23.4 Å². The first-order chi connectivity index (χ1) is 16.5. The first kappa shape index (κ1) is 24.9. The Morgan fingerprint density at radius 3 is 2.00 bits per heavy atom. The molecule has 2 heterocycles. The summed E-state index contributed by atoms with van der Waals surface area (Å²) >= 11 is 0. The standard InChI is InChI=1S/C24H30N2O8/c1-4-30-19-14-17(15-20(31-5-2)22(19)32-6-3)24(29)34-16-21(27)25-9-11-26(12-10-25)23(28)18-8-7-13-33-18/h7-8,13-15H,4-6,9-12,16H2,1-3H3. The van der Waals surface area contributed by atoms with Crippen LogP contribution in [0, 0.1) is 0 Å². The fourth-order valence-electron chi connectivity index (χ4n) is 3.52. The van der Waals surface area contributed by atoms with Crippen molar-refractivity contribution in [2.45, 2.75) is 20.8 Å². The largest absolute Gasteiger partial charge is 0.490 e. The highest BCUT2D eigenvalue weighted by atomic mass is 16.5. The fourth-order valence-corrected chi connectivity index (χ4v) is 3.52. The highest BCUT2D eigenvalue weighted by Gasteiger charge is 2.27. The first-order valence-corrected chi connectivity index (χ1v) is 11.3. The molecule has 1 aliphatic rings. The molecule has 0 atom stereocenters. The van der Waals surface area contributed by atoms with Crippen LogP contribution in [0.5, 0.6) is 17.2 Å². The second-order valence-electron chi connectivity index (χ2n) is 7.33. The summed E-state index contributed by atoms with van der Waals surface area (Å²) < 4.78 is 27.3. The third-order valence-electron chi connectivity index (χ3n) is 5.12. The van der Waals surface area contributed by atoms with Crippen molar-refractivity contribution in [3.63, 3.8) is 0 Å². The summed E-state index contributed by atoms with van der Waals surface area (Å²) in [4.78, 5) is 40.8. The van der Waals surface area contributed by atoms with Crippen molar-refractivity contribution in [1.29, 1.82) is 0 Å². The zero-order valence-corrected chi connectivity index (χ0v) is 19.7. The molecule has 0 spiro atoms. The number of carbonyl (C=O) groups excluding carboxylic acids is 3. The van der Waals surface area contributed by atoms with Crippen LogP contribution in [0.15, 0.2) is 34.9 Å². The van der Waals surface area contributed by atoms with Gasteiger partial charge in [-0.15, -0.1) is 0 Å². The quantitative estimate of drug-likeness (QED) is 0.484. The second kappa shape index (κ2) is 12.0. The number of rotatable bonds is 10. The van der Waals surface area contributed by atoms with Gasteiger partial charge in [-0.3, -0.25) is 9.59 Å². The normalized spacial score (nSPS) is 13.4. The van der Waals surface area contributed by atoms with Crippen LogP contribution in [0.1, 0.15) is 41.7 Å². The minimum Gasteiger partial charge on any atom is -0.490 e. The number of hydrogen-bond donors (Lipinski definition) is 0. The lowest BCUT2D eigenvalue weighted by Crippen LogP contribution is -2.51. The molecule has 1 aromatic heterocycles. The van der Waals surface area contributed by atoms with E-state index in [0.717, 1.165) is 0 Å². The van der Waals surface area contributed by atoms with Gasteiger partial charge in [0.1, 0.15) is 0 Å². The number of carbonyl (C=O) groups is 3. The zero-order chi connectivity index (χ0) is 24.5. The second-order valence-corrected chi connectivity index (χ2v) is 7.33. The third-order valence-corrected chi connectivity index (χ3v) is 5.12. The van der Waals surface area contributed by atoms with Crippen molar-refractivity contribution in [2.24, 2.45) is 0 Å². The van der Waals surface area contributed by atoms with Gasteiger partial charge in [-0.05, 0) is 45.0 Å². The van der Waals surface area contributed by atoms with E-state index in [1.807, 2.05) is 20.8 Å². The van der Waals surface area contributed by atoms with E-state index >= 15 is 0 Å². The predicted molar refractivity (Wildman–Crippen MR) is 121 cm³/mol. The molecule has 0 radical (unpaired) electrons. The smallest absolute Gasteiger partial charge is 0.338 e. The van der Waals surface area contributed by atoms with Gasteiger partial charge < -0.3 is 33.2 Å². The Labute approximate surface area is 198 Å². The van der Waals surface area contributed by atoms with Crippen molar-refractivity contribution in [3.05, 3.63) is 41.9 Å². The summed E-state index contributed by atoms with van der Waals surface area (Å²) in [7, 11) is 0. The van der Waals surface area contributed by atoms with E-state index in [2.05, 4.69) is 0 Å². The molecule has 1 aliphatic heterocycles. The topological polar surface area (TPSA) is 108 Å². The van der Waals surface area contributed by atoms with Crippen molar-refractivity contribution in [2.75, 3.05) is 52.6 Å². The van der Waals surface area contributed by atoms with Gasteiger partial charge in [0, 0.05) is 26.2 Å². The van der Waals surface area contributed by atoms with Crippen LogP contribution in [0.4, 0.5) is 0 Å². The van der Waals surface area contributed by atoms with Crippen LogP contribution in [-0.4, -0.2) is 80.2 Å². The molecular formula is C24H30N2O8. The molecule has 1 saturated heterocycles. The van der Waals surface area contributed by atoms with E-state index in [9.17, 15) is 14.4 Å². The van der Waals surface area contributed by atoms with Crippen LogP contribution in [-0.2, 0) is 9.53 Å². The van der Waals surface area contributed by atoms with Gasteiger partial charge in [0.05, 0.1) is 31.6 Å². The minimum atomic E-state index is -0.676. The maximum atomic E-state index is 12.7. The summed E-state index contributed by atoms with van der Waals surface area (Å²) in [6.45, 7) is 7.64. The molecule has 0 aliphatic carbocycles. The highest BCUT2D eigenvalue weighted by molar-refractivity contribution is 5.93. The Hall–Kier alpha value is -3.69. The maximum absolute atomic E-state index is 12.7. The zero-order valence-electron chi connectivity index (χ0n) is 19.7. The van der Waals surface area contributed by atoms with E-state index in [1.165, 1.54) is 18.4 Å². The van der Waals surface area contributed by atoms with E-state index in [-0.39, 0.29) is 23.1 Å². The minimum absolute atomic E-state index is 0.192. The Bertz CT molecular complexity index is 954. The van der Waals surface area contributed by atoms with Crippen LogP contribution in [0.25, 0.3) is 0 Å². The van der Waals surface area contributed by atoms with Crippen molar-refractivity contribution < 1.29 is 37.7 Å². The first-order valence-electron chi connectivity index (χ1n) is 11.3. The van der Waals surface area contributed by atoms with Crippen molar-refractivity contribution in [1.82, 2.24) is 9.80 Å². The lowest BCUT2D eigenvalue weighted by Gasteiger charge is -2.34. The van der Waals surface area contributed by atoms with Gasteiger partial charge in [0.15, 0.2) is 23.9 Å². The Kier molecular flexibility index (Phi) is 8.78. The molecule has 3 rings (SSSR count). The lowest BCUT2D eigenvalue weighted by atomic mass is 10.2. The molecule has 184 valence electrons. The molecule has 2 amide bonds. The monoisotopic (exact) mass is 474 g/mol. The number of hydrogen-bond acceptors (Lipinski definition) is 8. The summed E-state index contributed by atoms with van der Waals surface area (Å²) in [5.74, 6) is 0.193. The number of benzene rings is 1. The summed E-state index contributed by atoms with van der Waals surface area (Å²) in [6.07, 6.45) is 1.44. The summed E-state index contributed by atoms with van der Waals surface area (Å²) in [6, 6.07) is 6.29. The van der Waals surface area contributed by atoms with Crippen LogP contribution in [0.3, 0.4) is 0 Å². The molecular weight excluding hydrogens is 444 g/mol. The summed E-state index contributed by atoms with van der Waals surface area (Å²) in [5.41, 5.74) is 0.192. The van der Waals surface area contributed by atoms with E-state index in [0.29, 0.717) is 63.2 Å². The van der Waals surface area contributed by atoms with E-state index < -0.39 is 12.6 Å². The molecule has 1 fully saturated rings. The number of piperazine rings is 1. The Morgan fingerprint density at radius 2 is 1.47 bits per heavy atom. The molecule has 1 aromatic carbocycles. The third kappa shape index (κ3) is 6.00. The van der Waals surface area contributed by atoms with Gasteiger partial charge in [0.25, 0.3) is 11.8 Å². The Morgan fingerprint density at radius 1 is 0.882 bits per heavy atom. The maximum Gasteiger partial charge on any atom is 0.338 e. The van der Waals surface area contributed by atoms with Crippen LogP contribution >= 0.6 is 0 Å². The average Bonchev–Trinajstić information content (AvgIpc) is 3.39. The number of esters is 1. The molecule has 34 heavy (non-hydrogen) atoms. The van der Waals surface area contributed by atoms with Gasteiger partial charge in [-0.1, -0.05) is 0 Å². The number of nitrogens with zero attached hydrogens (tertiary/aromatic N) is 2. The van der Waals surface area contributed by atoms with Crippen molar-refractivity contribution in [3.8, 4) is 17.2 Å². The van der Waals surface area contributed by atoms with Crippen LogP contribution in [0.2, 0.25) is 0 Å². The number of amides is 2. The van der Waals surface area contributed by atoms with Crippen molar-refractivity contribution >= 4 is 17.8 Å². The molecule has 10 heteroatoms. The Balaban J connectivity index is 1.58. The fraction of sp³-hybridized carbons (Fsp3) is 0.458.